The second-order valence-electron chi connectivity index (χ2n) is 3.50. The molecule has 1 heterocycles. The number of hydrogen-bond acceptors (Lipinski definition) is 3. The molecule has 3 nitrogen and oxygen atoms in total. The van der Waals surface area contributed by atoms with E-state index in [9.17, 15) is 5.11 Å². The zero-order valence-corrected chi connectivity index (χ0v) is 8.29. The molecule has 76 valence electrons. The van der Waals surface area contributed by atoms with Crippen LogP contribution in [-0.4, -0.2) is 25.4 Å². The van der Waals surface area contributed by atoms with Gasteiger partial charge in [0.25, 0.3) is 0 Å². The minimum Gasteiger partial charge on any atom is -0.497 e. The van der Waals surface area contributed by atoms with E-state index in [1.54, 1.807) is 7.11 Å². The predicted molar refractivity (Wildman–Crippen MR) is 54.5 cm³/mol. The number of aliphatic hydroxyl groups is 1. The van der Waals surface area contributed by atoms with Crippen molar-refractivity contribution in [3.63, 3.8) is 0 Å². The first-order chi connectivity index (χ1) is 6.85. The summed E-state index contributed by atoms with van der Waals surface area (Å²) in [4.78, 5) is 0. The van der Waals surface area contributed by atoms with Crippen LogP contribution in [0.1, 0.15) is 17.2 Å². The van der Waals surface area contributed by atoms with Crippen molar-refractivity contribution in [2.45, 2.75) is 12.5 Å². The molecule has 14 heavy (non-hydrogen) atoms. The maximum atomic E-state index is 9.20. The van der Waals surface area contributed by atoms with E-state index in [2.05, 4.69) is 11.4 Å². The summed E-state index contributed by atoms with van der Waals surface area (Å²) >= 11 is 0. The van der Waals surface area contributed by atoms with Gasteiger partial charge < -0.3 is 15.2 Å². The third-order valence-electron chi connectivity index (χ3n) is 2.70. The van der Waals surface area contributed by atoms with E-state index in [1.807, 2.05) is 12.1 Å². The van der Waals surface area contributed by atoms with E-state index in [4.69, 9.17) is 4.74 Å². The zero-order chi connectivity index (χ0) is 9.97. The number of nitrogens with one attached hydrogen (secondary N) is 1. The quantitative estimate of drug-likeness (QED) is 0.732. The molecule has 0 radical (unpaired) electrons. The number of benzene rings is 1. The number of rotatable bonds is 2. The largest absolute Gasteiger partial charge is 0.497 e. The van der Waals surface area contributed by atoms with Crippen molar-refractivity contribution in [3.05, 3.63) is 29.3 Å². The van der Waals surface area contributed by atoms with Crippen molar-refractivity contribution in [3.8, 4) is 5.75 Å². The van der Waals surface area contributed by atoms with E-state index in [1.165, 1.54) is 5.56 Å². The lowest BCUT2D eigenvalue weighted by atomic mass is 9.94. The first kappa shape index (κ1) is 9.49. The maximum Gasteiger partial charge on any atom is 0.119 e. The van der Waals surface area contributed by atoms with Crippen LogP contribution in [0.5, 0.6) is 5.75 Å². The molecular weight excluding hydrogens is 178 g/mol. The average Bonchev–Trinajstić information content (AvgIpc) is 2.27. The van der Waals surface area contributed by atoms with Crippen molar-refractivity contribution < 1.29 is 9.84 Å². The Bertz CT molecular complexity index is 325. The van der Waals surface area contributed by atoms with Crippen LogP contribution >= 0.6 is 0 Å². The smallest absolute Gasteiger partial charge is 0.119 e. The molecule has 1 atom stereocenters. The van der Waals surface area contributed by atoms with Crippen LogP contribution in [0.4, 0.5) is 0 Å². The van der Waals surface area contributed by atoms with Crippen molar-refractivity contribution in [2.75, 3.05) is 20.3 Å². The molecule has 0 spiro atoms. The van der Waals surface area contributed by atoms with Gasteiger partial charge in [-0.3, -0.25) is 0 Å². The Labute approximate surface area is 83.7 Å². The van der Waals surface area contributed by atoms with Crippen LogP contribution in [-0.2, 0) is 6.42 Å². The van der Waals surface area contributed by atoms with Gasteiger partial charge in [-0.1, -0.05) is 6.07 Å². The summed E-state index contributed by atoms with van der Waals surface area (Å²) in [6.45, 7) is 1.07. The first-order valence-electron chi connectivity index (χ1n) is 4.86. The van der Waals surface area contributed by atoms with Gasteiger partial charge in [0.05, 0.1) is 19.8 Å². The number of hydrogen-bond donors (Lipinski definition) is 2. The molecule has 0 saturated heterocycles. The minimum atomic E-state index is 0.0637. The topological polar surface area (TPSA) is 41.5 Å². The summed E-state index contributed by atoms with van der Waals surface area (Å²) in [5.41, 5.74) is 2.47. The van der Waals surface area contributed by atoms with Gasteiger partial charge in [0.2, 0.25) is 0 Å². The molecule has 1 aromatic rings. The third-order valence-corrected chi connectivity index (χ3v) is 2.70. The lowest BCUT2D eigenvalue weighted by Crippen LogP contribution is -2.31. The molecule has 0 amide bonds. The van der Waals surface area contributed by atoms with Gasteiger partial charge in [-0.15, -0.1) is 0 Å². The van der Waals surface area contributed by atoms with Crippen LogP contribution in [0.25, 0.3) is 0 Å². The van der Waals surface area contributed by atoms with Crippen molar-refractivity contribution in [2.24, 2.45) is 0 Å². The summed E-state index contributed by atoms with van der Waals surface area (Å²) < 4.78 is 5.16. The van der Waals surface area contributed by atoms with Gasteiger partial charge in [-0.25, -0.2) is 0 Å². The molecule has 3 heteroatoms. The van der Waals surface area contributed by atoms with Crippen molar-refractivity contribution in [1.82, 2.24) is 5.32 Å². The van der Waals surface area contributed by atoms with Crippen molar-refractivity contribution in [1.29, 1.82) is 0 Å². The van der Waals surface area contributed by atoms with Crippen LogP contribution in [0.2, 0.25) is 0 Å². The van der Waals surface area contributed by atoms with E-state index in [-0.39, 0.29) is 12.6 Å². The lowest BCUT2D eigenvalue weighted by Gasteiger charge is -2.25. The standard InChI is InChI=1S/C11H15NO2/c1-14-9-3-2-8-4-5-12-11(7-13)10(8)6-9/h2-3,6,11-13H,4-5,7H2,1H3. The van der Waals surface area contributed by atoms with Crippen LogP contribution in [0.15, 0.2) is 18.2 Å². The van der Waals surface area contributed by atoms with Gasteiger partial charge >= 0.3 is 0 Å². The molecule has 0 bridgehead atoms. The van der Waals surface area contributed by atoms with Gasteiger partial charge in [0.1, 0.15) is 5.75 Å². The van der Waals surface area contributed by atoms with E-state index in [0.717, 1.165) is 24.3 Å². The highest BCUT2D eigenvalue weighted by molar-refractivity contribution is 5.39. The summed E-state index contributed by atoms with van der Waals surface area (Å²) in [7, 11) is 1.66. The number of methoxy groups -OCH3 is 1. The van der Waals surface area contributed by atoms with Crippen LogP contribution in [0.3, 0.4) is 0 Å². The lowest BCUT2D eigenvalue weighted by molar-refractivity contribution is 0.240. The summed E-state index contributed by atoms with van der Waals surface area (Å²) in [6.07, 6.45) is 1.02. The second-order valence-corrected chi connectivity index (χ2v) is 3.50. The molecule has 1 aliphatic rings. The molecule has 1 aromatic carbocycles. The first-order valence-corrected chi connectivity index (χ1v) is 4.86. The van der Waals surface area contributed by atoms with Crippen LogP contribution in [0, 0.1) is 0 Å². The molecule has 1 unspecified atom stereocenters. The fraction of sp³-hybridized carbons (Fsp3) is 0.455. The number of ether oxygens (including phenoxy) is 1. The summed E-state index contributed by atoms with van der Waals surface area (Å²) in [5, 5.41) is 12.5. The highest BCUT2D eigenvalue weighted by Crippen LogP contribution is 2.26. The Hall–Kier alpha value is -1.06. The highest BCUT2D eigenvalue weighted by atomic mass is 16.5. The Morgan fingerprint density at radius 3 is 3.14 bits per heavy atom. The zero-order valence-electron chi connectivity index (χ0n) is 8.29. The molecule has 0 aliphatic carbocycles. The van der Waals surface area contributed by atoms with E-state index >= 15 is 0 Å². The number of fused-ring (bicyclic) bond motifs is 1. The Morgan fingerprint density at radius 2 is 2.43 bits per heavy atom. The van der Waals surface area contributed by atoms with E-state index < -0.39 is 0 Å². The summed E-state index contributed by atoms with van der Waals surface area (Å²) in [5.74, 6) is 0.853. The molecule has 0 fully saturated rings. The average molecular weight is 193 g/mol. The molecule has 2 rings (SSSR count). The number of aliphatic hydroxyl groups excluding tert-OH is 1. The van der Waals surface area contributed by atoms with Gasteiger partial charge in [-0.2, -0.15) is 0 Å². The van der Waals surface area contributed by atoms with Gasteiger partial charge in [-0.05, 0) is 36.2 Å². The Balaban J connectivity index is 2.38. The van der Waals surface area contributed by atoms with Gasteiger partial charge in [0, 0.05) is 0 Å². The molecule has 0 aromatic heterocycles. The SMILES string of the molecule is COc1ccc2c(c1)C(CO)NCC2. The molecular formula is C11H15NO2. The van der Waals surface area contributed by atoms with Gasteiger partial charge in [0.15, 0.2) is 0 Å². The predicted octanol–water partition coefficient (Wildman–Crippen LogP) is 0.874. The summed E-state index contributed by atoms with van der Waals surface area (Å²) in [6, 6.07) is 6.12. The molecule has 0 saturated carbocycles. The fourth-order valence-electron chi connectivity index (χ4n) is 1.91. The van der Waals surface area contributed by atoms with Crippen molar-refractivity contribution >= 4 is 0 Å². The minimum absolute atomic E-state index is 0.0637. The van der Waals surface area contributed by atoms with E-state index in [0.29, 0.717) is 0 Å². The highest BCUT2D eigenvalue weighted by Gasteiger charge is 2.18. The maximum absolute atomic E-state index is 9.20. The Kier molecular flexibility index (Phi) is 2.70. The fourth-order valence-corrected chi connectivity index (χ4v) is 1.91. The second kappa shape index (κ2) is 3.98. The Morgan fingerprint density at radius 1 is 1.57 bits per heavy atom. The normalized spacial score (nSPS) is 20.3. The molecule has 1 aliphatic heterocycles. The monoisotopic (exact) mass is 193 g/mol. The van der Waals surface area contributed by atoms with Crippen LogP contribution < -0.4 is 10.1 Å². The molecule has 2 N–H and O–H groups in total. The third kappa shape index (κ3) is 1.61.